The van der Waals surface area contributed by atoms with Gasteiger partial charge in [0.05, 0.1) is 29.9 Å². The van der Waals surface area contributed by atoms with Crippen molar-refractivity contribution < 1.29 is 19.1 Å². The summed E-state index contributed by atoms with van der Waals surface area (Å²) in [4.78, 5) is 41.2. The molecule has 166 valence electrons. The van der Waals surface area contributed by atoms with Crippen LogP contribution in [0.2, 0.25) is 5.02 Å². The van der Waals surface area contributed by atoms with Gasteiger partial charge < -0.3 is 15.0 Å². The van der Waals surface area contributed by atoms with Gasteiger partial charge in [0.15, 0.2) is 0 Å². The number of hydrogen-bond acceptors (Lipinski definition) is 6. The van der Waals surface area contributed by atoms with Crippen molar-refractivity contribution in [3.63, 3.8) is 0 Å². The predicted molar refractivity (Wildman–Crippen MR) is 116 cm³/mol. The lowest BCUT2D eigenvalue weighted by molar-refractivity contribution is -0.117. The number of nitrogens with one attached hydrogen (secondary N) is 1. The topological polar surface area (TPSA) is 96.8 Å². The van der Waals surface area contributed by atoms with E-state index < -0.39 is 5.97 Å². The molecule has 1 N–H and O–H groups in total. The molecule has 0 atom stereocenters. The van der Waals surface area contributed by atoms with Crippen LogP contribution < -0.4 is 5.32 Å². The first-order valence-corrected chi connectivity index (χ1v) is 10.5. The summed E-state index contributed by atoms with van der Waals surface area (Å²) in [7, 11) is 1.64. The zero-order valence-electron chi connectivity index (χ0n) is 17.6. The molecule has 9 nitrogen and oxygen atoms in total. The first kappa shape index (κ1) is 22.8. The molecule has 0 bridgehead atoms. The number of nitrogens with zero attached hydrogens (tertiary/aromatic N) is 4. The maximum atomic E-state index is 12.8. The fourth-order valence-electron chi connectivity index (χ4n) is 3.46. The van der Waals surface area contributed by atoms with Gasteiger partial charge in [-0.2, -0.15) is 5.10 Å². The lowest BCUT2D eigenvalue weighted by atomic mass is 10.2. The molecule has 0 spiro atoms. The highest BCUT2D eigenvalue weighted by Crippen LogP contribution is 2.19. The highest BCUT2D eigenvalue weighted by molar-refractivity contribution is 6.33. The number of halogens is 1. The van der Waals surface area contributed by atoms with Crippen molar-refractivity contribution in [3.05, 3.63) is 46.6 Å². The number of rotatable bonds is 6. The van der Waals surface area contributed by atoms with Gasteiger partial charge in [0, 0.05) is 33.2 Å². The van der Waals surface area contributed by atoms with Crippen molar-refractivity contribution in [3.8, 4) is 0 Å². The summed E-state index contributed by atoms with van der Waals surface area (Å²) in [6.07, 6.45) is 2.11. The largest absolute Gasteiger partial charge is 0.462 e. The lowest BCUT2D eigenvalue weighted by Gasteiger charge is -2.22. The summed E-state index contributed by atoms with van der Waals surface area (Å²) >= 11 is 6.16. The van der Waals surface area contributed by atoms with Crippen molar-refractivity contribution in [1.82, 2.24) is 19.6 Å². The number of benzene rings is 1. The van der Waals surface area contributed by atoms with Crippen LogP contribution in [0.5, 0.6) is 0 Å². The summed E-state index contributed by atoms with van der Waals surface area (Å²) in [6.45, 7) is 4.41. The summed E-state index contributed by atoms with van der Waals surface area (Å²) in [5.74, 6) is -0.603. The lowest BCUT2D eigenvalue weighted by Crippen LogP contribution is -2.38. The van der Waals surface area contributed by atoms with E-state index in [1.807, 2.05) is 4.90 Å². The van der Waals surface area contributed by atoms with Crippen molar-refractivity contribution in [2.24, 2.45) is 7.05 Å². The molecule has 0 saturated carbocycles. The van der Waals surface area contributed by atoms with E-state index in [1.165, 1.54) is 10.9 Å². The Balaban J connectivity index is 1.58. The van der Waals surface area contributed by atoms with Gasteiger partial charge in [-0.15, -0.1) is 0 Å². The van der Waals surface area contributed by atoms with Crippen LogP contribution in [0.15, 0.2) is 30.5 Å². The second kappa shape index (κ2) is 10.4. The van der Waals surface area contributed by atoms with Crippen LogP contribution in [0.1, 0.15) is 34.1 Å². The summed E-state index contributed by atoms with van der Waals surface area (Å²) in [5.41, 5.74) is 0.697. The Morgan fingerprint density at radius 3 is 2.65 bits per heavy atom. The van der Waals surface area contributed by atoms with Gasteiger partial charge in [0.25, 0.3) is 5.91 Å². The summed E-state index contributed by atoms with van der Waals surface area (Å²) < 4.78 is 6.44. The quantitative estimate of drug-likeness (QED) is 0.680. The Hall–Kier alpha value is -2.91. The number of aryl methyl sites for hydroxylation is 1. The SMILES string of the molecule is CCOC(=O)c1cnn(C)c1NC(=O)CN1CCCN(C(=O)c2ccccc2Cl)CC1. The van der Waals surface area contributed by atoms with E-state index in [9.17, 15) is 14.4 Å². The van der Waals surface area contributed by atoms with E-state index in [2.05, 4.69) is 10.4 Å². The molecule has 2 heterocycles. The minimum Gasteiger partial charge on any atom is -0.462 e. The van der Waals surface area contributed by atoms with E-state index in [0.29, 0.717) is 42.6 Å². The second-order valence-electron chi connectivity index (χ2n) is 7.20. The predicted octanol–water partition coefficient (Wildman–Crippen LogP) is 2.04. The minimum atomic E-state index is -0.533. The number of ether oxygens (including phenoxy) is 1. The van der Waals surface area contributed by atoms with E-state index in [-0.39, 0.29) is 30.5 Å². The molecule has 3 rings (SSSR count). The molecule has 31 heavy (non-hydrogen) atoms. The normalized spacial score (nSPS) is 14.7. The summed E-state index contributed by atoms with van der Waals surface area (Å²) in [6, 6.07) is 7.00. The zero-order valence-corrected chi connectivity index (χ0v) is 18.4. The second-order valence-corrected chi connectivity index (χ2v) is 7.61. The average Bonchev–Trinajstić information content (AvgIpc) is 2.95. The number of anilines is 1. The van der Waals surface area contributed by atoms with Crippen LogP contribution in [-0.2, 0) is 16.6 Å². The minimum absolute atomic E-state index is 0.106. The van der Waals surface area contributed by atoms with Crippen molar-refractivity contribution in [2.75, 3.05) is 44.6 Å². The molecule has 0 unspecified atom stereocenters. The molecule has 1 fully saturated rings. The van der Waals surface area contributed by atoms with Gasteiger partial charge in [-0.25, -0.2) is 4.79 Å². The molecule has 1 aromatic carbocycles. The van der Waals surface area contributed by atoms with Crippen molar-refractivity contribution >= 4 is 35.2 Å². The van der Waals surface area contributed by atoms with Crippen LogP contribution in [0.4, 0.5) is 5.82 Å². The third-order valence-corrected chi connectivity index (χ3v) is 5.37. The van der Waals surface area contributed by atoms with Gasteiger partial charge in [-0.05, 0) is 25.5 Å². The molecule has 1 aliphatic heterocycles. The third kappa shape index (κ3) is 5.62. The third-order valence-electron chi connectivity index (χ3n) is 5.04. The van der Waals surface area contributed by atoms with Crippen molar-refractivity contribution in [1.29, 1.82) is 0 Å². The van der Waals surface area contributed by atoms with E-state index in [4.69, 9.17) is 16.3 Å². The molecule has 1 aliphatic rings. The molecule has 0 radical (unpaired) electrons. The van der Waals surface area contributed by atoms with Gasteiger partial charge in [-0.3, -0.25) is 19.2 Å². The maximum absolute atomic E-state index is 12.8. The number of aromatic nitrogens is 2. The van der Waals surface area contributed by atoms with Crippen molar-refractivity contribution in [2.45, 2.75) is 13.3 Å². The van der Waals surface area contributed by atoms with E-state index >= 15 is 0 Å². The highest BCUT2D eigenvalue weighted by Gasteiger charge is 2.24. The zero-order chi connectivity index (χ0) is 22.4. The van der Waals surface area contributed by atoms with Crippen LogP contribution >= 0.6 is 11.6 Å². The Kier molecular flexibility index (Phi) is 7.64. The Morgan fingerprint density at radius 2 is 1.90 bits per heavy atom. The number of hydrogen-bond donors (Lipinski definition) is 1. The molecule has 2 amide bonds. The first-order valence-electron chi connectivity index (χ1n) is 10.2. The van der Waals surface area contributed by atoms with Crippen LogP contribution in [0, 0.1) is 0 Å². The number of carbonyl (C=O) groups is 3. The highest BCUT2D eigenvalue weighted by atomic mass is 35.5. The van der Waals surface area contributed by atoms with E-state index in [0.717, 1.165) is 6.42 Å². The molecule has 10 heteroatoms. The number of amides is 2. The fourth-order valence-corrected chi connectivity index (χ4v) is 3.67. The molecule has 1 saturated heterocycles. The monoisotopic (exact) mass is 447 g/mol. The van der Waals surface area contributed by atoms with Crippen LogP contribution in [0.25, 0.3) is 0 Å². The Labute approximate surface area is 185 Å². The maximum Gasteiger partial charge on any atom is 0.343 e. The van der Waals surface area contributed by atoms with Gasteiger partial charge >= 0.3 is 5.97 Å². The Morgan fingerprint density at radius 1 is 1.13 bits per heavy atom. The van der Waals surface area contributed by atoms with Gasteiger partial charge in [0.1, 0.15) is 11.4 Å². The van der Waals surface area contributed by atoms with Gasteiger partial charge in [-0.1, -0.05) is 23.7 Å². The Bertz CT molecular complexity index is 961. The average molecular weight is 448 g/mol. The molecule has 0 aliphatic carbocycles. The van der Waals surface area contributed by atoms with E-state index in [1.54, 1.807) is 43.1 Å². The number of carbonyl (C=O) groups excluding carboxylic acids is 3. The standard InChI is InChI=1S/C21H26ClN5O4/c1-3-31-21(30)16-13-23-25(2)19(16)24-18(28)14-26-9-6-10-27(12-11-26)20(29)15-7-4-5-8-17(15)22/h4-5,7-8,13H,3,6,9-12,14H2,1-2H3,(H,24,28). The molecular formula is C21H26ClN5O4. The molecule has 2 aromatic rings. The first-order chi connectivity index (χ1) is 14.9. The van der Waals surface area contributed by atoms with Gasteiger partial charge in [0.2, 0.25) is 5.91 Å². The smallest absolute Gasteiger partial charge is 0.343 e. The number of esters is 1. The summed E-state index contributed by atoms with van der Waals surface area (Å²) in [5, 5.41) is 7.22. The van der Waals surface area contributed by atoms with Crippen LogP contribution in [-0.4, -0.2) is 76.7 Å². The molecule has 1 aromatic heterocycles. The van der Waals surface area contributed by atoms with Crippen LogP contribution in [0.3, 0.4) is 0 Å². The fraction of sp³-hybridized carbons (Fsp3) is 0.429. The molecular weight excluding hydrogens is 422 g/mol.